The predicted octanol–water partition coefficient (Wildman–Crippen LogP) is 3.29. The van der Waals surface area contributed by atoms with Crippen LogP contribution in [0.4, 0.5) is 0 Å². The summed E-state index contributed by atoms with van der Waals surface area (Å²) in [7, 11) is 0. The number of nitrogens with zero attached hydrogens (tertiary/aromatic N) is 3. The van der Waals surface area contributed by atoms with Gasteiger partial charge in [-0.3, -0.25) is 0 Å². The van der Waals surface area contributed by atoms with Crippen LogP contribution in [-0.2, 0) is 0 Å². The second kappa shape index (κ2) is 5.38. The van der Waals surface area contributed by atoms with Gasteiger partial charge < -0.3 is 5.11 Å². The summed E-state index contributed by atoms with van der Waals surface area (Å²) < 4.78 is 1.42. The second-order valence-electron chi connectivity index (χ2n) is 4.36. The Bertz CT molecular complexity index is 797. The molecule has 3 aromatic rings. The van der Waals surface area contributed by atoms with E-state index in [2.05, 4.69) is 10.1 Å². The van der Waals surface area contributed by atoms with Crippen LogP contribution in [0.15, 0.2) is 55.0 Å². The molecule has 21 heavy (non-hydrogen) atoms. The lowest BCUT2D eigenvalue weighted by atomic mass is 10.1. The average molecular weight is 300 g/mol. The molecule has 0 aliphatic carbocycles. The Morgan fingerprint density at radius 3 is 2.57 bits per heavy atom. The average Bonchev–Trinajstić information content (AvgIpc) is 2.98. The monoisotopic (exact) mass is 299 g/mol. The van der Waals surface area contributed by atoms with Crippen molar-refractivity contribution in [1.82, 2.24) is 14.8 Å². The third kappa shape index (κ3) is 2.64. The molecule has 0 radical (unpaired) electrons. The van der Waals surface area contributed by atoms with Crippen LogP contribution >= 0.6 is 11.6 Å². The van der Waals surface area contributed by atoms with Gasteiger partial charge in [-0.1, -0.05) is 29.8 Å². The third-order valence-corrected chi connectivity index (χ3v) is 3.33. The number of hydrogen-bond donors (Lipinski definition) is 1. The molecule has 0 aliphatic rings. The van der Waals surface area contributed by atoms with Gasteiger partial charge in [-0.25, -0.2) is 14.5 Å². The molecule has 2 heterocycles. The van der Waals surface area contributed by atoms with Gasteiger partial charge >= 0.3 is 5.97 Å². The van der Waals surface area contributed by atoms with Crippen LogP contribution in [0.3, 0.4) is 0 Å². The highest BCUT2D eigenvalue weighted by atomic mass is 35.5. The normalized spacial score (nSPS) is 10.5. The van der Waals surface area contributed by atoms with E-state index in [0.29, 0.717) is 10.8 Å². The minimum atomic E-state index is -1.02. The van der Waals surface area contributed by atoms with Gasteiger partial charge in [0.25, 0.3) is 0 Å². The maximum Gasteiger partial charge on any atom is 0.338 e. The van der Waals surface area contributed by atoms with Crippen LogP contribution in [0.1, 0.15) is 10.4 Å². The van der Waals surface area contributed by atoms with E-state index in [4.69, 9.17) is 16.7 Å². The first-order valence-corrected chi connectivity index (χ1v) is 6.52. The van der Waals surface area contributed by atoms with Crippen molar-refractivity contribution in [3.63, 3.8) is 0 Å². The summed E-state index contributed by atoms with van der Waals surface area (Å²) in [5, 5.41) is 13.5. The summed E-state index contributed by atoms with van der Waals surface area (Å²) in [6.07, 6.45) is 4.38. The van der Waals surface area contributed by atoms with E-state index < -0.39 is 5.97 Å². The van der Waals surface area contributed by atoms with Crippen LogP contribution in [0.2, 0.25) is 5.02 Å². The molecule has 0 atom stereocenters. The van der Waals surface area contributed by atoms with Gasteiger partial charge in [-0.15, -0.1) is 0 Å². The summed E-state index contributed by atoms with van der Waals surface area (Å²) in [5.74, 6) is -0.479. The van der Waals surface area contributed by atoms with Crippen LogP contribution in [0.25, 0.3) is 16.9 Å². The molecule has 1 aromatic carbocycles. The summed E-state index contributed by atoms with van der Waals surface area (Å²) in [4.78, 5) is 15.1. The summed E-state index contributed by atoms with van der Waals surface area (Å²) >= 11 is 6.14. The number of pyridine rings is 1. The molecule has 0 aliphatic heterocycles. The maximum atomic E-state index is 10.8. The lowest BCUT2D eigenvalue weighted by molar-refractivity contribution is 0.0697. The van der Waals surface area contributed by atoms with Crippen molar-refractivity contribution in [3.8, 4) is 16.9 Å². The quantitative estimate of drug-likeness (QED) is 0.806. The number of carboxylic acid groups (broad SMARTS) is 1. The number of carboxylic acids is 1. The van der Waals surface area contributed by atoms with Crippen LogP contribution in [0.5, 0.6) is 0 Å². The highest BCUT2D eigenvalue weighted by Gasteiger charge is 2.08. The smallest absolute Gasteiger partial charge is 0.338 e. The Kier molecular flexibility index (Phi) is 3.41. The first-order valence-electron chi connectivity index (χ1n) is 6.14. The molecule has 0 saturated carbocycles. The maximum absolute atomic E-state index is 10.8. The van der Waals surface area contributed by atoms with Crippen molar-refractivity contribution in [1.29, 1.82) is 0 Å². The fourth-order valence-corrected chi connectivity index (χ4v) is 2.18. The number of aromatic carboxylic acids is 1. The molecule has 0 fully saturated rings. The Hall–Kier alpha value is -2.66. The number of carbonyl (C=O) groups is 1. The molecular weight excluding hydrogens is 290 g/mol. The Morgan fingerprint density at radius 1 is 1.14 bits per heavy atom. The summed E-state index contributed by atoms with van der Waals surface area (Å²) in [5.41, 5.74) is 1.90. The zero-order chi connectivity index (χ0) is 14.8. The Morgan fingerprint density at radius 2 is 1.95 bits per heavy atom. The minimum Gasteiger partial charge on any atom is -0.478 e. The molecule has 104 valence electrons. The van der Waals surface area contributed by atoms with Gasteiger partial charge in [0.2, 0.25) is 0 Å². The lowest BCUT2D eigenvalue weighted by Gasteiger charge is -2.05. The summed E-state index contributed by atoms with van der Waals surface area (Å²) in [6.45, 7) is 0. The Labute approximate surface area is 125 Å². The fraction of sp³-hybridized carbons (Fsp3) is 0. The molecular formula is C15H10ClN3O2. The molecule has 0 unspecified atom stereocenters. The molecule has 0 amide bonds. The van der Waals surface area contributed by atoms with Crippen molar-refractivity contribution >= 4 is 17.6 Å². The number of rotatable bonds is 3. The van der Waals surface area contributed by atoms with Gasteiger partial charge in [0.05, 0.1) is 11.8 Å². The van der Waals surface area contributed by atoms with E-state index in [1.165, 1.54) is 17.1 Å². The number of hydrogen-bond acceptors (Lipinski definition) is 3. The molecule has 5 nitrogen and oxygen atoms in total. The van der Waals surface area contributed by atoms with Crippen molar-refractivity contribution in [2.24, 2.45) is 0 Å². The van der Waals surface area contributed by atoms with Crippen molar-refractivity contribution in [3.05, 3.63) is 65.6 Å². The van der Waals surface area contributed by atoms with Gasteiger partial charge in [0.15, 0.2) is 5.82 Å². The molecule has 0 bridgehead atoms. The zero-order valence-corrected chi connectivity index (χ0v) is 11.5. The van der Waals surface area contributed by atoms with E-state index >= 15 is 0 Å². The predicted molar refractivity (Wildman–Crippen MR) is 78.8 cm³/mol. The van der Waals surface area contributed by atoms with Crippen LogP contribution in [-0.4, -0.2) is 25.8 Å². The van der Waals surface area contributed by atoms with Gasteiger partial charge in [-0.2, -0.15) is 5.10 Å². The van der Waals surface area contributed by atoms with Crippen molar-refractivity contribution < 1.29 is 9.90 Å². The SMILES string of the molecule is O=C(O)c1cnn(-c2ccc(-c3ccccc3Cl)cn2)c1. The molecule has 0 spiro atoms. The van der Waals surface area contributed by atoms with Crippen LogP contribution in [0, 0.1) is 0 Å². The van der Waals surface area contributed by atoms with Crippen molar-refractivity contribution in [2.45, 2.75) is 0 Å². The number of aromatic nitrogens is 3. The van der Waals surface area contributed by atoms with Gasteiger partial charge in [-0.05, 0) is 18.2 Å². The van der Waals surface area contributed by atoms with E-state index in [1.807, 2.05) is 30.3 Å². The minimum absolute atomic E-state index is 0.118. The first kappa shape index (κ1) is 13.3. The van der Waals surface area contributed by atoms with E-state index in [-0.39, 0.29) is 5.56 Å². The topological polar surface area (TPSA) is 68.0 Å². The van der Waals surface area contributed by atoms with E-state index in [1.54, 1.807) is 12.3 Å². The highest BCUT2D eigenvalue weighted by Crippen LogP contribution is 2.27. The molecule has 2 aromatic heterocycles. The van der Waals surface area contributed by atoms with Crippen molar-refractivity contribution in [2.75, 3.05) is 0 Å². The van der Waals surface area contributed by atoms with Gasteiger partial charge in [0, 0.05) is 28.5 Å². The van der Waals surface area contributed by atoms with E-state index in [0.717, 1.165) is 11.1 Å². The third-order valence-electron chi connectivity index (χ3n) is 3.00. The van der Waals surface area contributed by atoms with Crippen LogP contribution < -0.4 is 0 Å². The molecule has 3 rings (SSSR count). The number of halogens is 1. The first-order chi connectivity index (χ1) is 10.1. The summed E-state index contributed by atoms with van der Waals surface area (Å²) in [6, 6.07) is 11.1. The zero-order valence-electron chi connectivity index (χ0n) is 10.8. The molecule has 1 N–H and O–H groups in total. The van der Waals surface area contributed by atoms with Gasteiger partial charge in [0.1, 0.15) is 0 Å². The molecule has 6 heteroatoms. The largest absolute Gasteiger partial charge is 0.478 e. The Balaban J connectivity index is 1.94. The highest BCUT2D eigenvalue weighted by molar-refractivity contribution is 6.33. The van der Waals surface area contributed by atoms with E-state index in [9.17, 15) is 4.79 Å². The lowest BCUT2D eigenvalue weighted by Crippen LogP contribution is -1.98. The molecule has 0 saturated heterocycles. The second-order valence-corrected chi connectivity index (χ2v) is 4.77. The standard InChI is InChI=1S/C15H10ClN3O2/c16-13-4-2-1-3-12(13)10-5-6-14(17-7-10)19-9-11(8-18-19)15(20)21/h1-9H,(H,20,21). The number of benzene rings is 1. The fourth-order valence-electron chi connectivity index (χ4n) is 1.93.